The lowest BCUT2D eigenvalue weighted by atomic mass is 9.75. The summed E-state index contributed by atoms with van der Waals surface area (Å²) in [5, 5.41) is 5.68. The second kappa shape index (κ2) is 22.4. The van der Waals surface area contributed by atoms with Gasteiger partial charge in [-0.1, -0.05) is 119 Å². The van der Waals surface area contributed by atoms with Gasteiger partial charge in [0, 0.05) is 41.4 Å². The molecule has 3 unspecified atom stereocenters. The molecule has 10 heteroatoms. The van der Waals surface area contributed by atoms with Crippen LogP contribution in [0.1, 0.15) is 139 Å². The number of likely N-dealkylation sites (tertiary alicyclic amines) is 1. The number of urea groups is 1. The number of amides is 3. The number of aldehydes is 1. The topological polar surface area (TPSA) is 78.5 Å². The van der Waals surface area contributed by atoms with Crippen molar-refractivity contribution < 1.29 is 27.6 Å². The normalized spacial score (nSPS) is 18.8. The summed E-state index contributed by atoms with van der Waals surface area (Å²) < 4.78 is 36.1. The first kappa shape index (κ1) is 45.7. The average molecular weight is 704 g/mol. The van der Waals surface area contributed by atoms with Crippen molar-refractivity contribution in [3.8, 4) is 0 Å². The molecule has 2 fully saturated rings. The number of hydrogen-bond acceptors (Lipinski definition) is 3. The first-order chi connectivity index (χ1) is 22.3. The molecule has 48 heavy (non-hydrogen) atoms. The minimum Gasteiger partial charge on any atom is -0.353 e. The van der Waals surface area contributed by atoms with Gasteiger partial charge in [-0.05, 0) is 61.1 Å². The van der Waals surface area contributed by atoms with Crippen molar-refractivity contribution in [2.45, 2.75) is 145 Å². The molecular weight excluding hydrogens is 639 g/mol. The van der Waals surface area contributed by atoms with Gasteiger partial charge in [-0.2, -0.15) is 13.2 Å². The van der Waals surface area contributed by atoms with Crippen LogP contribution < -0.4 is 10.6 Å². The van der Waals surface area contributed by atoms with Crippen molar-refractivity contribution in [3.05, 3.63) is 34.9 Å². The van der Waals surface area contributed by atoms with Gasteiger partial charge in [0.1, 0.15) is 12.8 Å². The zero-order valence-electron chi connectivity index (χ0n) is 31.4. The van der Waals surface area contributed by atoms with Gasteiger partial charge in [-0.25, -0.2) is 4.79 Å². The van der Waals surface area contributed by atoms with E-state index >= 15 is 0 Å². The molecule has 6 nitrogen and oxygen atoms in total. The molecule has 3 amide bonds. The number of carbonyl (C=O) groups excluding carboxylic acids is 3. The molecule has 1 saturated carbocycles. The largest absolute Gasteiger partial charge is 0.405 e. The highest BCUT2D eigenvalue weighted by molar-refractivity contribution is 6.30. The Hall–Kier alpha value is -2.29. The SMILES string of the molecule is CC.CC1(C)CCC(NC(=O)C(C)(C)C)CC1.CCCCCC(C)C(C)C=O.O=C(NCC(F)(F)F)N1CCC(c2ccc(Cl)cc2)C1. The maximum Gasteiger partial charge on any atom is 0.405 e. The molecule has 0 spiro atoms. The molecule has 0 radical (unpaired) electrons. The number of nitrogens with one attached hydrogen (secondary N) is 2. The van der Waals surface area contributed by atoms with Crippen LogP contribution in [-0.2, 0) is 9.59 Å². The monoisotopic (exact) mass is 703 g/mol. The maximum atomic E-state index is 12.0. The van der Waals surface area contributed by atoms with E-state index in [0.29, 0.717) is 35.5 Å². The fraction of sp³-hybridized carbons (Fsp3) is 0.763. The third-order valence-corrected chi connectivity index (χ3v) is 9.24. The Morgan fingerprint density at radius 2 is 1.58 bits per heavy atom. The Morgan fingerprint density at radius 3 is 2.06 bits per heavy atom. The number of unbranched alkanes of at least 4 members (excludes halogenated alkanes) is 2. The molecule has 0 aromatic heterocycles. The van der Waals surface area contributed by atoms with Gasteiger partial charge >= 0.3 is 12.2 Å². The molecule has 2 N–H and O–H groups in total. The predicted molar refractivity (Wildman–Crippen MR) is 193 cm³/mol. The standard InChI is InChI=1S/C13H14ClF3N2O.C13H25NO.C10H20O.C2H6/c14-11-3-1-9(2-4-11)10-5-6-19(7-10)12(20)18-8-13(15,16)17;1-12(2,3)11(15)14-10-6-8-13(4,5)9-7-10;1-4-5-6-7-9(2)10(3)8-11;1-2/h1-4,10H,5-8H2,(H,18,20);10H,6-9H2,1-5H3,(H,14,15);8-10H,4-7H2,1-3H3;1-2H3. The Balaban J connectivity index is 0.000000703. The van der Waals surface area contributed by atoms with Crippen LogP contribution in [0.3, 0.4) is 0 Å². The lowest BCUT2D eigenvalue weighted by Crippen LogP contribution is -2.44. The number of carbonyl (C=O) groups is 3. The van der Waals surface area contributed by atoms with E-state index < -0.39 is 18.8 Å². The van der Waals surface area contributed by atoms with Crippen LogP contribution in [0, 0.1) is 22.7 Å². The van der Waals surface area contributed by atoms with Gasteiger partial charge in [-0.15, -0.1) is 0 Å². The van der Waals surface area contributed by atoms with Gasteiger partial charge in [0.15, 0.2) is 0 Å². The Bertz CT molecular complexity index is 1050. The van der Waals surface area contributed by atoms with E-state index in [1.54, 1.807) is 12.1 Å². The van der Waals surface area contributed by atoms with E-state index in [1.807, 2.05) is 59.0 Å². The van der Waals surface area contributed by atoms with Crippen LogP contribution in [0.2, 0.25) is 5.02 Å². The molecule has 1 saturated heterocycles. The summed E-state index contributed by atoms with van der Waals surface area (Å²) in [6, 6.07) is 7.03. The van der Waals surface area contributed by atoms with E-state index in [-0.39, 0.29) is 23.2 Å². The summed E-state index contributed by atoms with van der Waals surface area (Å²) in [5.41, 5.74) is 1.26. The quantitative estimate of drug-likeness (QED) is 0.198. The lowest BCUT2D eigenvalue weighted by molar-refractivity contribution is -0.129. The number of halogens is 4. The third-order valence-electron chi connectivity index (χ3n) is 8.99. The van der Waals surface area contributed by atoms with E-state index in [1.165, 1.54) is 43.4 Å². The molecule has 1 heterocycles. The minimum atomic E-state index is -4.38. The first-order valence-electron chi connectivity index (χ1n) is 17.9. The fourth-order valence-corrected chi connectivity index (χ4v) is 5.42. The van der Waals surface area contributed by atoms with Gasteiger partial charge in [-0.3, -0.25) is 4.79 Å². The van der Waals surface area contributed by atoms with Crippen LogP contribution in [0.5, 0.6) is 0 Å². The summed E-state index contributed by atoms with van der Waals surface area (Å²) in [4.78, 5) is 35.2. The zero-order chi connectivity index (χ0) is 37.1. The smallest absolute Gasteiger partial charge is 0.353 e. The summed E-state index contributed by atoms with van der Waals surface area (Å²) >= 11 is 5.80. The number of hydrogen-bond donors (Lipinski definition) is 2. The Morgan fingerprint density at radius 1 is 1.02 bits per heavy atom. The second-order valence-electron chi connectivity index (χ2n) is 14.9. The highest BCUT2D eigenvalue weighted by Gasteiger charge is 2.32. The molecule has 3 atom stereocenters. The third kappa shape index (κ3) is 19.6. The van der Waals surface area contributed by atoms with Crippen molar-refractivity contribution in [2.75, 3.05) is 19.6 Å². The molecule has 1 aromatic carbocycles. The summed E-state index contributed by atoms with van der Waals surface area (Å²) in [6.07, 6.45) is 7.18. The average Bonchev–Trinajstić information content (AvgIpc) is 3.52. The van der Waals surface area contributed by atoms with Crippen LogP contribution >= 0.6 is 11.6 Å². The summed E-state index contributed by atoms with van der Waals surface area (Å²) in [6.45, 7) is 20.5. The molecule has 1 aliphatic carbocycles. The van der Waals surface area contributed by atoms with E-state index in [9.17, 15) is 27.6 Å². The summed E-state index contributed by atoms with van der Waals surface area (Å²) in [5.74, 6) is 1.14. The lowest BCUT2D eigenvalue weighted by Gasteiger charge is -2.35. The number of benzene rings is 1. The van der Waals surface area contributed by atoms with Crippen molar-refractivity contribution in [1.29, 1.82) is 0 Å². The van der Waals surface area contributed by atoms with E-state index in [2.05, 4.69) is 33.0 Å². The second-order valence-corrected chi connectivity index (χ2v) is 15.3. The van der Waals surface area contributed by atoms with E-state index in [0.717, 1.165) is 31.1 Å². The van der Waals surface area contributed by atoms with Gasteiger partial charge in [0.05, 0.1) is 0 Å². The van der Waals surface area contributed by atoms with Crippen LogP contribution in [0.15, 0.2) is 24.3 Å². The number of rotatable bonds is 9. The number of alkyl halides is 3. The van der Waals surface area contributed by atoms with Crippen molar-refractivity contribution >= 4 is 29.8 Å². The summed E-state index contributed by atoms with van der Waals surface area (Å²) in [7, 11) is 0. The highest BCUT2D eigenvalue weighted by atomic mass is 35.5. The van der Waals surface area contributed by atoms with Crippen LogP contribution in [-0.4, -0.2) is 55.0 Å². The number of nitrogens with zero attached hydrogens (tertiary/aromatic N) is 1. The van der Waals surface area contributed by atoms with Crippen LogP contribution in [0.4, 0.5) is 18.0 Å². The zero-order valence-corrected chi connectivity index (χ0v) is 32.1. The van der Waals surface area contributed by atoms with Crippen molar-refractivity contribution in [2.24, 2.45) is 22.7 Å². The van der Waals surface area contributed by atoms with Gasteiger partial charge in [0.2, 0.25) is 5.91 Å². The van der Waals surface area contributed by atoms with Gasteiger partial charge in [0.25, 0.3) is 0 Å². The van der Waals surface area contributed by atoms with Gasteiger partial charge < -0.3 is 20.3 Å². The molecule has 0 bridgehead atoms. The molecular formula is C38H65ClF3N3O3. The Labute approximate surface area is 294 Å². The molecule has 2 aliphatic rings. The van der Waals surface area contributed by atoms with E-state index in [4.69, 9.17) is 11.6 Å². The minimum absolute atomic E-state index is 0.143. The van der Waals surface area contributed by atoms with Crippen LogP contribution in [0.25, 0.3) is 0 Å². The molecule has 1 aromatic rings. The predicted octanol–water partition coefficient (Wildman–Crippen LogP) is 10.6. The fourth-order valence-electron chi connectivity index (χ4n) is 5.30. The Kier molecular flexibility index (Phi) is 21.4. The van der Waals surface area contributed by atoms with Crippen molar-refractivity contribution in [1.82, 2.24) is 15.5 Å². The molecule has 3 rings (SSSR count). The maximum absolute atomic E-state index is 12.0. The highest BCUT2D eigenvalue weighted by Crippen LogP contribution is 2.35. The van der Waals surface area contributed by atoms with Crippen molar-refractivity contribution in [3.63, 3.8) is 0 Å². The first-order valence-corrected chi connectivity index (χ1v) is 18.3. The molecule has 278 valence electrons. The molecule has 1 aliphatic heterocycles.